The number of carboxylic acids is 1. The molecule has 4 heteroatoms. The minimum Gasteiger partial charge on any atom is -0.480 e. The SMILES string of the molecule is CC(C)CC(Nc1cccc(F)c1)C(=O)O. The van der Waals surface area contributed by atoms with Crippen LogP contribution in [0, 0.1) is 11.7 Å². The first-order valence-electron chi connectivity index (χ1n) is 5.24. The summed E-state index contributed by atoms with van der Waals surface area (Å²) in [6.07, 6.45) is 0.506. The Hall–Kier alpha value is -1.58. The van der Waals surface area contributed by atoms with Gasteiger partial charge in [0.05, 0.1) is 0 Å². The third-order valence-corrected chi connectivity index (χ3v) is 2.17. The van der Waals surface area contributed by atoms with Crippen LogP contribution in [0.25, 0.3) is 0 Å². The zero-order valence-corrected chi connectivity index (χ0v) is 9.40. The van der Waals surface area contributed by atoms with Crippen LogP contribution in [0.3, 0.4) is 0 Å². The molecule has 2 N–H and O–H groups in total. The number of hydrogen-bond donors (Lipinski definition) is 2. The monoisotopic (exact) mass is 225 g/mol. The Labute approximate surface area is 94.3 Å². The highest BCUT2D eigenvalue weighted by atomic mass is 19.1. The molecule has 16 heavy (non-hydrogen) atoms. The van der Waals surface area contributed by atoms with Gasteiger partial charge in [0, 0.05) is 5.69 Å². The molecule has 88 valence electrons. The quantitative estimate of drug-likeness (QED) is 0.810. The van der Waals surface area contributed by atoms with Crippen LogP contribution in [0.5, 0.6) is 0 Å². The fourth-order valence-electron chi connectivity index (χ4n) is 1.47. The largest absolute Gasteiger partial charge is 0.480 e. The summed E-state index contributed by atoms with van der Waals surface area (Å²) in [6.45, 7) is 3.90. The third-order valence-electron chi connectivity index (χ3n) is 2.17. The Bertz CT molecular complexity index is 366. The van der Waals surface area contributed by atoms with Crippen molar-refractivity contribution in [3.63, 3.8) is 0 Å². The third kappa shape index (κ3) is 3.88. The Morgan fingerprint density at radius 3 is 2.69 bits per heavy atom. The summed E-state index contributed by atoms with van der Waals surface area (Å²) in [7, 11) is 0. The minimum atomic E-state index is -0.919. The summed E-state index contributed by atoms with van der Waals surface area (Å²) in [5.41, 5.74) is 0.494. The van der Waals surface area contributed by atoms with Crippen molar-refractivity contribution in [1.29, 1.82) is 0 Å². The lowest BCUT2D eigenvalue weighted by Crippen LogP contribution is -2.30. The maximum atomic E-state index is 12.9. The van der Waals surface area contributed by atoms with Gasteiger partial charge in [-0.05, 0) is 30.5 Å². The van der Waals surface area contributed by atoms with E-state index in [2.05, 4.69) is 5.32 Å². The van der Waals surface area contributed by atoms with Crippen LogP contribution in [-0.4, -0.2) is 17.1 Å². The van der Waals surface area contributed by atoms with Crippen molar-refractivity contribution in [2.24, 2.45) is 5.92 Å². The predicted octanol–water partition coefficient (Wildman–Crippen LogP) is 2.74. The van der Waals surface area contributed by atoms with Crippen molar-refractivity contribution < 1.29 is 14.3 Å². The first-order valence-corrected chi connectivity index (χ1v) is 5.24. The van der Waals surface area contributed by atoms with Crippen LogP contribution in [0.15, 0.2) is 24.3 Å². The van der Waals surface area contributed by atoms with E-state index in [0.717, 1.165) is 0 Å². The predicted molar refractivity (Wildman–Crippen MR) is 60.9 cm³/mol. The van der Waals surface area contributed by atoms with Crippen molar-refractivity contribution in [3.8, 4) is 0 Å². The molecule has 1 aromatic rings. The molecule has 0 heterocycles. The fourth-order valence-corrected chi connectivity index (χ4v) is 1.47. The summed E-state index contributed by atoms with van der Waals surface area (Å²) < 4.78 is 12.9. The van der Waals surface area contributed by atoms with E-state index in [-0.39, 0.29) is 11.7 Å². The lowest BCUT2D eigenvalue weighted by Gasteiger charge is -2.17. The molecule has 1 unspecified atom stereocenters. The van der Waals surface area contributed by atoms with Gasteiger partial charge in [-0.15, -0.1) is 0 Å². The second kappa shape index (κ2) is 5.49. The second-order valence-electron chi connectivity index (χ2n) is 4.18. The molecule has 0 saturated carbocycles. The number of anilines is 1. The number of benzene rings is 1. The molecule has 0 saturated heterocycles. The number of halogens is 1. The number of nitrogens with one attached hydrogen (secondary N) is 1. The molecular formula is C12H16FNO2. The lowest BCUT2D eigenvalue weighted by molar-refractivity contribution is -0.138. The Morgan fingerprint density at radius 1 is 1.50 bits per heavy atom. The van der Waals surface area contributed by atoms with Crippen LogP contribution in [0.4, 0.5) is 10.1 Å². The van der Waals surface area contributed by atoms with E-state index in [9.17, 15) is 9.18 Å². The highest BCUT2D eigenvalue weighted by Gasteiger charge is 2.18. The number of carbonyl (C=O) groups is 1. The zero-order chi connectivity index (χ0) is 12.1. The van der Waals surface area contributed by atoms with Crippen LogP contribution < -0.4 is 5.32 Å². The van der Waals surface area contributed by atoms with Crippen LogP contribution in [0.2, 0.25) is 0 Å². The van der Waals surface area contributed by atoms with Gasteiger partial charge in [0.25, 0.3) is 0 Å². The molecule has 0 fully saturated rings. The van der Waals surface area contributed by atoms with Gasteiger partial charge < -0.3 is 10.4 Å². The first-order chi connectivity index (χ1) is 7.49. The average Bonchev–Trinajstić information content (AvgIpc) is 2.15. The smallest absolute Gasteiger partial charge is 0.326 e. The molecule has 0 aliphatic rings. The molecule has 1 atom stereocenters. The molecule has 0 aliphatic carbocycles. The van der Waals surface area contributed by atoms with Crippen LogP contribution >= 0.6 is 0 Å². The van der Waals surface area contributed by atoms with E-state index in [0.29, 0.717) is 12.1 Å². The lowest BCUT2D eigenvalue weighted by atomic mass is 10.0. The highest BCUT2D eigenvalue weighted by Crippen LogP contribution is 2.14. The molecule has 3 nitrogen and oxygen atoms in total. The van der Waals surface area contributed by atoms with Crippen LogP contribution in [-0.2, 0) is 4.79 Å². The Morgan fingerprint density at radius 2 is 2.19 bits per heavy atom. The van der Waals surface area contributed by atoms with E-state index >= 15 is 0 Å². The van der Waals surface area contributed by atoms with Crippen molar-refractivity contribution >= 4 is 11.7 Å². The van der Waals surface area contributed by atoms with Gasteiger partial charge in [-0.1, -0.05) is 19.9 Å². The Kier molecular flexibility index (Phi) is 4.28. The van der Waals surface area contributed by atoms with E-state index < -0.39 is 12.0 Å². The van der Waals surface area contributed by atoms with Gasteiger partial charge in [-0.2, -0.15) is 0 Å². The molecule has 1 rings (SSSR count). The summed E-state index contributed by atoms with van der Waals surface area (Å²) in [5.74, 6) is -1.03. The molecule has 0 bridgehead atoms. The second-order valence-corrected chi connectivity index (χ2v) is 4.18. The summed E-state index contributed by atoms with van der Waals surface area (Å²) in [6, 6.07) is 5.13. The highest BCUT2D eigenvalue weighted by molar-refractivity contribution is 5.77. The van der Waals surface area contributed by atoms with Crippen molar-refractivity contribution in [3.05, 3.63) is 30.1 Å². The normalized spacial score (nSPS) is 12.5. The van der Waals surface area contributed by atoms with Gasteiger partial charge in [0.1, 0.15) is 11.9 Å². The summed E-state index contributed by atoms with van der Waals surface area (Å²) in [4.78, 5) is 11.0. The van der Waals surface area contributed by atoms with E-state index in [1.54, 1.807) is 12.1 Å². The van der Waals surface area contributed by atoms with E-state index in [1.165, 1.54) is 12.1 Å². The van der Waals surface area contributed by atoms with Gasteiger partial charge in [0.15, 0.2) is 0 Å². The molecule has 0 radical (unpaired) electrons. The van der Waals surface area contributed by atoms with Crippen LogP contribution in [0.1, 0.15) is 20.3 Å². The maximum absolute atomic E-state index is 12.9. The molecule has 0 amide bonds. The standard InChI is InChI=1S/C12H16FNO2/c1-8(2)6-11(12(15)16)14-10-5-3-4-9(13)7-10/h3-5,7-8,11,14H,6H2,1-2H3,(H,15,16). The summed E-state index contributed by atoms with van der Waals surface area (Å²) in [5, 5.41) is 11.8. The molecular weight excluding hydrogens is 209 g/mol. The molecule has 1 aromatic carbocycles. The minimum absolute atomic E-state index is 0.266. The number of aliphatic carboxylic acids is 1. The van der Waals surface area contributed by atoms with Crippen molar-refractivity contribution in [2.45, 2.75) is 26.3 Å². The Balaban J connectivity index is 2.71. The zero-order valence-electron chi connectivity index (χ0n) is 9.40. The average molecular weight is 225 g/mol. The van der Waals surface area contributed by atoms with Gasteiger partial charge in [-0.3, -0.25) is 0 Å². The maximum Gasteiger partial charge on any atom is 0.326 e. The summed E-state index contributed by atoms with van der Waals surface area (Å²) >= 11 is 0. The van der Waals surface area contributed by atoms with Crippen molar-refractivity contribution in [1.82, 2.24) is 0 Å². The number of hydrogen-bond acceptors (Lipinski definition) is 2. The van der Waals surface area contributed by atoms with E-state index in [4.69, 9.17) is 5.11 Å². The van der Waals surface area contributed by atoms with E-state index in [1.807, 2.05) is 13.8 Å². The fraction of sp³-hybridized carbons (Fsp3) is 0.417. The first kappa shape index (κ1) is 12.5. The van der Waals surface area contributed by atoms with Gasteiger partial charge in [0.2, 0.25) is 0 Å². The van der Waals surface area contributed by atoms with Gasteiger partial charge >= 0.3 is 5.97 Å². The number of rotatable bonds is 5. The van der Waals surface area contributed by atoms with Gasteiger partial charge in [-0.25, -0.2) is 9.18 Å². The molecule has 0 spiro atoms. The van der Waals surface area contributed by atoms with Crippen molar-refractivity contribution in [2.75, 3.05) is 5.32 Å². The topological polar surface area (TPSA) is 49.3 Å². The molecule has 0 aliphatic heterocycles. The molecule has 0 aromatic heterocycles. The number of carboxylic acid groups (broad SMARTS) is 1.